The molecule has 0 aliphatic heterocycles. The fourth-order valence-corrected chi connectivity index (χ4v) is 3.27. The number of carbonyl (C=O) groups excluding carboxylic acids is 1. The highest BCUT2D eigenvalue weighted by atomic mass is 16.5. The average molecular weight is 380 g/mol. The molecule has 1 amide bonds. The lowest BCUT2D eigenvalue weighted by Crippen LogP contribution is -2.34. The number of nitrogens with one attached hydrogen (secondary N) is 1. The van der Waals surface area contributed by atoms with Crippen molar-refractivity contribution in [1.29, 1.82) is 0 Å². The molecule has 0 aliphatic carbocycles. The first-order chi connectivity index (χ1) is 13.6. The second-order valence-electron chi connectivity index (χ2n) is 6.36. The molecule has 0 aliphatic rings. The molecule has 0 saturated carbocycles. The molecular formula is C20H20N4O4. The number of aryl methyl sites for hydroxylation is 1. The maximum absolute atomic E-state index is 12.7. The predicted molar refractivity (Wildman–Crippen MR) is 103 cm³/mol. The van der Waals surface area contributed by atoms with Crippen molar-refractivity contribution in [2.45, 2.75) is 26.9 Å². The highest BCUT2D eigenvalue weighted by Gasteiger charge is 2.15. The fourth-order valence-electron chi connectivity index (χ4n) is 3.27. The largest absolute Gasteiger partial charge is 0.494 e. The van der Waals surface area contributed by atoms with E-state index in [9.17, 15) is 9.59 Å². The van der Waals surface area contributed by atoms with Gasteiger partial charge in [0.1, 0.15) is 23.6 Å². The summed E-state index contributed by atoms with van der Waals surface area (Å²) < 4.78 is 13.8. The zero-order valence-corrected chi connectivity index (χ0v) is 15.6. The SMILES string of the molecule is CCOc1ccccc1CNC(=O)Cn1nc(C)n2c(cc3occc32)c1=O. The molecule has 8 nitrogen and oxygen atoms in total. The van der Waals surface area contributed by atoms with Crippen LogP contribution in [0, 0.1) is 6.92 Å². The number of rotatable bonds is 6. The number of amides is 1. The van der Waals surface area contributed by atoms with Crippen LogP contribution in [0.4, 0.5) is 0 Å². The number of nitrogens with zero attached hydrogens (tertiary/aromatic N) is 3. The number of carbonyl (C=O) groups is 1. The van der Waals surface area contributed by atoms with Crippen LogP contribution >= 0.6 is 0 Å². The summed E-state index contributed by atoms with van der Waals surface area (Å²) >= 11 is 0. The van der Waals surface area contributed by atoms with Crippen LogP contribution in [0.3, 0.4) is 0 Å². The van der Waals surface area contributed by atoms with Crippen LogP contribution in [-0.4, -0.2) is 26.7 Å². The molecule has 4 aromatic rings. The van der Waals surface area contributed by atoms with Crippen molar-refractivity contribution in [3.63, 3.8) is 0 Å². The molecule has 8 heteroatoms. The summed E-state index contributed by atoms with van der Waals surface area (Å²) in [5.74, 6) is 1.02. The van der Waals surface area contributed by atoms with Gasteiger partial charge in [-0.2, -0.15) is 5.10 Å². The summed E-state index contributed by atoms with van der Waals surface area (Å²) in [6.45, 7) is 4.38. The van der Waals surface area contributed by atoms with E-state index in [1.807, 2.05) is 31.2 Å². The number of ether oxygens (including phenoxy) is 1. The Morgan fingerprint density at radius 1 is 1.25 bits per heavy atom. The molecule has 144 valence electrons. The number of para-hydroxylation sites is 1. The lowest BCUT2D eigenvalue weighted by Gasteiger charge is -2.12. The van der Waals surface area contributed by atoms with Crippen molar-refractivity contribution >= 4 is 22.5 Å². The summed E-state index contributed by atoms with van der Waals surface area (Å²) in [5, 5.41) is 7.10. The van der Waals surface area contributed by atoms with Gasteiger partial charge in [-0.15, -0.1) is 0 Å². The Bertz CT molecular complexity index is 1220. The minimum absolute atomic E-state index is 0.167. The van der Waals surface area contributed by atoms with Crippen LogP contribution in [0.25, 0.3) is 16.6 Å². The van der Waals surface area contributed by atoms with E-state index in [-0.39, 0.29) is 18.0 Å². The Morgan fingerprint density at radius 2 is 2.07 bits per heavy atom. The summed E-state index contributed by atoms with van der Waals surface area (Å²) in [6.07, 6.45) is 1.57. The third-order valence-electron chi connectivity index (χ3n) is 4.51. The molecule has 0 bridgehead atoms. The first kappa shape index (κ1) is 17.8. The van der Waals surface area contributed by atoms with Crippen molar-refractivity contribution in [3.05, 3.63) is 64.4 Å². The van der Waals surface area contributed by atoms with E-state index in [0.29, 0.717) is 30.1 Å². The highest BCUT2D eigenvalue weighted by molar-refractivity contribution is 5.82. The second-order valence-corrected chi connectivity index (χ2v) is 6.36. The number of hydrogen-bond donors (Lipinski definition) is 1. The van der Waals surface area contributed by atoms with Gasteiger partial charge >= 0.3 is 0 Å². The van der Waals surface area contributed by atoms with Crippen LogP contribution in [0.15, 0.2) is 51.9 Å². The Balaban J connectivity index is 1.54. The number of hydrogen-bond acceptors (Lipinski definition) is 5. The van der Waals surface area contributed by atoms with E-state index in [1.165, 1.54) is 4.68 Å². The van der Waals surface area contributed by atoms with Gasteiger partial charge in [-0.25, -0.2) is 4.68 Å². The summed E-state index contributed by atoms with van der Waals surface area (Å²) in [4.78, 5) is 25.1. The van der Waals surface area contributed by atoms with Gasteiger partial charge in [0.2, 0.25) is 5.91 Å². The molecule has 0 fully saturated rings. The van der Waals surface area contributed by atoms with E-state index in [2.05, 4.69) is 10.4 Å². The van der Waals surface area contributed by atoms with Gasteiger partial charge < -0.3 is 14.5 Å². The first-order valence-corrected chi connectivity index (χ1v) is 9.02. The molecular weight excluding hydrogens is 360 g/mol. The summed E-state index contributed by atoms with van der Waals surface area (Å²) in [5.41, 5.74) is 2.34. The fraction of sp³-hybridized carbons (Fsp3) is 0.250. The van der Waals surface area contributed by atoms with E-state index in [1.54, 1.807) is 29.7 Å². The van der Waals surface area contributed by atoms with Crippen molar-refractivity contribution in [1.82, 2.24) is 19.5 Å². The van der Waals surface area contributed by atoms with Crippen LogP contribution in [0.5, 0.6) is 5.75 Å². The van der Waals surface area contributed by atoms with Gasteiger partial charge in [0.15, 0.2) is 5.58 Å². The van der Waals surface area contributed by atoms with E-state index in [4.69, 9.17) is 9.15 Å². The molecule has 1 N–H and O–H groups in total. The van der Waals surface area contributed by atoms with E-state index in [0.717, 1.165) is 16.8 Å². The third kappa shape index (κ3) is 3.13. The Morgan fingerprint density at radius 3 is 2.89 bits per heavy atom. The highest BCUT2D eigenvalue weighted by Crippen LogP contribution is 2.20. The Hall–Kier alpha value is -3.55. The maximum Gasteiger partial charge on any atom is 0.291 e. The molecule has 1 aromatic carbocycles. The molecule has 0 spiro atoms. The molecule has 28 heavy (non-hydrogen) atoms. The van der Waals surface area contributed by atoms with Crippen LogP contribution < -0.4 is 15.6 Å². The van der Waals surface area contributed by atoms with Gasteiger partial charge in [0.25, 0.3) is 5.56 Å². The zero-order valence-electron chi connectivity index (χ0n) is 15.6. The number of aromatic nitrogens is 3. The average Bonchev–Trinajstić information content (AvgIpc) is 3.27. The van der Waals surface area contributed by atoms with Gasteiger partial charge in [-0.1, -0.05) is 18.2 Å². The van der Waals surface area contributed by atoms with Gasteiger partial charge in [0.05, 0.1) is 18.4 Å². The lowest BCUT2D eigenvalue weighted by atomic mass is 10.2. The number of fused-ring (bicyclic) bond motifs is 3. The Labute approximate surface area is 160 Å². The van der Waals surface area contributed by atoms with E-state index < -0.39 is 0 Å². The monoisotopic (exact) mass is 380 g/mol. The predicted octanol–water partition coefficient (Wildman–Crippen LogP) is 2.27. The first-order valence-electron chi connectivity index (χ1n) is 9.02. The van der Waals surface area contributed by atoms with E-state index >= 15 is 0 Å². The smallest absolute Gasteiger partial charge is 0.291 e. The zero-order chi connectivity index (χ0) is 19.7. The minimum Gasteiger partial charge on any atom is -0.494 e. The van der Waals surface area contributed by atoms with Crippen molar-refractivity contribution < 1.29 is 13.9 Å². The van der Waals surface area contributed by atoms with Crippen molar-refractivity contribution in [3.8, 4) is 5.75 Å². The molecule has 3 heterocycles. The van der Waals surface area contributed by atoms with Gasteiger partial charge in [0, 0.05) is 24.2 Å². The number of furan rings is 1. The molecule has 0 saturated heterocycles. The van der Waals surface area contributed by atoms with Crippen LogP contribution in [0.2, 0.25) is 0 Å². The van der Waals surface area contributed by atoms with Crippen LogP contribution in [0.1, 0.15) is 18.3 Å². The Kier molecular flexibility index (Phi) is 4.60. The maximum atomic E-state index is 12.7. The third-order valence-corrected chi connectivity index (χ3v) is 4.51. The molecule has 3 aromatic heterocycles. The van der Waals surface area contributed by atoms with Crippen molar-refractivity contribution in [2.24, 2.45) is 0 Å². The molecule has 0 atom stereocenters. The standard InChI is InChI=1S/C20H20N4O4/c1-3-27-17-7-5-4-6-14(17)11-21-19(25)12-23-20(26)16-10-18-15(8-9-28-18)24(16)13(2)22-23/h4-10H,3,11-12H2,1-2H3,(H,21,25). The lowest BCUT2D eigenvalue weighted by molar-refractivity contribution is -0.122. The summed E-state index contributed by atoms with van der Waals surface area (Å²) in [6, 6.07) is 11.0. The van der Waals surface area contributed by atoms with Gasteiger partial charge in [-0.05, 0) is 19.9 Å². The molecule has 0 unspecified atom stereocenters. The van der Waals surface area contributed by atoms with Crippen LogP contribution in [-0.2, 0) is 17.9 Å². The second kappa shape index (κ2) is 7.22. The molecule has 0 radical (unpaired) electrons. The molecule has 4 rings (SSSR count). The van der Waals surface area contributed by atoms with Gasteiger partial charge in [-0.3, -0.25) is 14.0 Å². The minimum atomic E-state index is -0.345. The normalized spacial score (nSPS) is 11.2. The quantitative estimate of drug-likeness (QED) is 0.554. The van der Waals surface area contributed by atoms with Crippen molar-refractivity contribution in [2.75, 3.05) is 6.61 Å². The summed E-state index contributed by atoms with van der Waals surface area (Å²) in [7, 11) is 0. The topological polar surface area (TPSA) is 90.8 Å². The number of benzene rings is 1.